The van der Waals surface area contributed by atoms with Crippen molar-refractivity contribution in [1.29, 1.82) is 0 Å². The van der Waals surface area contributed by atoms with E-state index in [-0.39, 0.29) is 28.2 Å². The molecule has 94 valence electrons. The van der Waals surface area contributed by atoms with Crippen molar-refractivity contribution in [2.24, 2.45) is 5.92 Å². The van der Waals surface area contributed by atoms with E-state index in [1.165, 1.54) is 17.0 Å². The fourth-order valence-corrected chi connectivity index (χ4v) is 2.30. The third kappa shape index (κ3) is 2.09. The summed E-state index contributed by atoms with van der Waals surface area (Å²) in [5.41, 5.74) is 0.0269. The molecule has 1 aliphatic rings. The molecule has 1 aliphatic heterocycles. The Kier molecular flexibility index (Phi) is 3.34. The van der Waals surface area contributed by atoms with Gasteiger partial charge in [-0.05, 0) is 6.07 Å². The van der Waals surface area contributed by atoms with E-state index in [4.69, 9.17) is 11.6 Å². The quantitative estimate of drug-likeness (QED) is 0.480. The molecule has 0 radical (unpaired) electrons. The van der Waals surface area contributed by atoms with Crippen molar-refractivity contribution < 1.29 is 9.72 Å². The summed E-state index contributed by atoms with van der Waals surface area (Å²) in [6.07, 6.45) is 1.99. The van der Waals surface area contributed by atoms with Crippen LogP contribution in [0.3, 0.4) is 0 Å². The van der Waals surface area contributed by atoms with Crippen LogP contribution in [0.4, 0.5) is 11.4 Å². The van der Waals surface area contributed by atoms with E-state index in [0.717, 1.165) is 0 Å². The molecule has 0 bridgehead atoms. The highest BCUT2D eigenvalue weighted by Crippen LogP contribution is 2.38. The second-order valence-electron chi connectivity index (χ2n) is 4.07. The number of halogens is 1. The third-order valence-corrected chi connectivity index (χ3v) is 3.23. The maximum absolute atomic E-state index is 11.9. The van der Waals surface area contributed by atoms with Gasteiger partial charge in [0.05, 0.1) is 9.95 Å². The summed E-state index contributed by atoms with van der Waals surface area (Å²) < 4.78 is 0. The molecule has 5 nitrogen and oxygen atoms in total. The van der Waals surface area contributed by atoms with Crippen LogP contribution in [0, 0.1) is 16.0 Å². The molecule has 0 spiro atoms. The standard InChI is InChI=1S/C12H11ClN2O3/c1-2-8-6-11(16)14(7-8)12-9(13)4-3-5-10(12)15(17)18/h2-5,8H,1,6-7H2. The van der Waals surface area contributed by atoms with Gasteiger partial charge in [-0.25, -0.2) is 0 Å². The van der Waals surface area contributed by atoms with Crippen LogP contribution >= 0.6 is 11.6 Å². The summed E-state index contributed by atoms with van der Waals surface area (Å²) in [7, 11) is 0. The van der Waals surface area contributed by atoms with Crippen molar-refractivity contribution in [2.45, 2.75) is 6.42 Å². The van der Waals surface area contributed by atoms with Crippen LogP contribution in [0.2, 0.25) is 5.02 Å². The smallest absolute Gasteiger partial charge is 0.294 e. The Labute approximate surface area is 109 Å². The van der Waals surface area contributed by atoms with Gasteiger partial charge < -0.3 is 4.90 Å². The first-order valence-corrected chi connectivity index (χ1v) is 5.78. The lowest BCUT2D eigenvalue weighted by atomic mass is 10.1. The molecule has 2 rings (SSSR count). The number of nitro benzene ring substituents is 1. The molecular weight excluding hydrogens is 256 g/mol. The van der Waals surface area contributed by atoms with E-state index in [0.29, 0.717) is 13.0 Å². The number of nitrogens with zero attached hydrogens (tertiary/aromatic N) is 2. The molecule has 6 heteroatoms. The van der Waals surface area contributed by atoms with E-state index in [2.05, 4.69) is 6.58 Å². The average Bonchev–Trinajstić information content (AvgIpc) is 2.70. The lowest BCUT2D eigenvalue weighted by Crippen LogP contribution is -2.25. The molecule has 1 heterocycles. The van der Waals surface area contributed by atoms with Gasteiger partial charge in [-0.2, -0.15) is 0 Å². The van der Waals surface area contributed by atoms with E-state index in [1.54, 1.807) is 12.1 Å². The minimum Gasteiger partial charge on any atom is -0.305 e. The van der Waals surface area contributed by atoms with Gasteiger partial charge in [0.1, 0.15) is 5.69 Å². The maximum atomic E-state index is 11.9. The van der Waals surface area contributed by atoms with Gasteiger partial charge in [0.2, 0.25) is 5.91 Å². The van der Waals surface area contributed by atoms with Crippen LogP contribution in [0.15, 0.2) is 30.9 Å². The first kappa shape index (κ1) is 12.6. The number of benzene rings is 1. The first-order chi connectivity index (χ1) is 8.54. The molecular formula is C12H11ClN2O3. The number of carbonyl (C=O) groups is 1. The van der Waals surface area contributed by atoms with Gasteiger partial charge in [-0.1, -0.05) is 23.7 Å². The lowest BCUT2D eigenvalue weighted by Gasteiger charge is -2.17. The Morgan fingerprint density at radius 1 is 1.56 bits per heavy atom. The van der Waals surface area contributed by atoms with Gasteiger partial charge in [-0.15, -0.1) is 6.58 Å². The van der Waals surface area contributed by atoms with Crippen LogP contribution in [0.5, 0.6) is 0 Å². The summed E-state index contributed by atoms with van der Waals surface area (Å²) in [4.78, 5) is 23.7. The second-order valence-corrected chi connectivity index (χ2v) is 4.48. The van der Waals surface area contributed by atoms with E-state index < -0.39 is 4.92 Å². The van der Waals surface area contributed by atoms with Crippen LogP contribution < -0.4 is 4.90 Å². The summed E-state index contributed by atoms with van der Waals surface area (Å²) in [5, 5.41) is 11.2. The first-order valence-electron chi connectivity index (χ1n) is 5.40. The maximum Gasteiger partial charge on any atom is 0.294 e. The zero-order chi connectivity index (χ0) is 13.3. The number of hydrogen-bond acceptors (Lipinski definition) is 3. The minimum absolute atomic E-state index is 0.00776. The largest absolute Gasteiger partial charge is 0.305 e. The highest BCUT2D eigenvalue weighted by Gasteiger charge is 2.34. The Balaban J connectivity index is 2.48. The summed E-state index contributed by atoms with van der Waals surface area (Å²) in [6, 6.07) is 4.38. The van der Waals surface area contributed by atoms with Gasteiger partial charge in [0.25, 0.3) is 5.69 Å². The summed E-state index contributed by atoms with van der Waals surface area (Å²) in [6.45, 7) is 4.02. The number of para-hydroxylation sites is 1. The van der Waals surface area contributed by atoms with Crippen molar-refractivity contribution in [2.75, 3.05) is 11.4 Å². The molecule has 0 aliphatic carbocycles. The van der Waals surface area contributed by atoms with Crippen molar-refractivity contribution in [3.05, 3.63) is 46.0 Å². The van der Waals surface area contributed by atoms with Crippen molar-refractivity contribution in [3.8, 4) is 0 Å². The summed E-state index contributed by atoms with van der Waals surface area (Å²) >= 11 is 5.99. The number of nitro groups is 1. The Morgan fingerprint density at radius 2 is 2.28 bits per heavy atom. The number of rotatable bonds is 3. The Morgan fingerprint density at radius 3 is 2.83 bits per heavy atom. The van der Waals surface area contributed by atoms with Crippen molar-refractivity contribution in [1.82, 2.24) is 0 Å². The number of carbonyl (C=O) groups excluding carboxylic acids is 1. The third-order valence-electron chi connectivity index (χ3n) is 2.92. The molecule has 1 amide bonds. The van der Waals surface area contributed by atoms with Crippen LogP contribution in [-0.4, -0.2) is 17.4 Å². The topological polar surface area (TPSA) is 63.5 Å². The molecule has 1 atom stereocenters. The number of anilines is 1. The average molecular weight is 267 g/mol. The van der Waals surface area contributed by atoms with Gasteiger partial charge >= 0.3 is 0 Å². The second kappa shape index (κ2) is 4.78. The predicted molar refractivity (Wildman–Crippen MR) is 68.8 cm³/mol. The molecule has 0 aromatic heterocycles. The molecule has 1 aromatic rings. The zero-order valence-corrected chi connectivity index (χ0v) is 10.3. The fourth-order valence-electron chi connectivity index (χ4n) is 2.03. The SMILES string of the molecule is C=CC1CC(=O)N(c2c(Cl)cccc2[N+](=O)[O-])C1. The molecule has 1 fully saturated rings. The van der Waals surface area contributed by atoms with E-state index in [1.807, 2.05) is 0 Å². The fraction of sp³-hybridized carbons (Fsp3) is 0.250. The zero-order valence-electron chi connectivity index (χ0n) is 9.51. The van der Waals surface area contributed by atoms with Gasteiger partial charge in [0, 0.05) is 24.9 Å². The molecule has 1 unspecified atom stereocenters. The highest BCUT2D eigenvalue weighted by atomic mass is 35.5. The van der Waals surface area contributed by atoms with Crippen molar-refractivity contribution in [3.63, 3.8) is 0 Å². The van der Waals surface area contributed by atoms with Crippen LogP contribution in [-0.2, 0) is 4.79 Å². The summed E-state index contributed by atoms with van der Waals surface area (Å²) in [5.74, 6) is -0.163. The van der Waals surface area contributed by atoms with Gasteiger partial charge in [0.15, 0.2) is 0 Å². The molecule has 18 heavy (non-hydrogen) atoms. The minimum atomic E-state index is -0.532. The van der Waals surface area contributed by atoms with E-state index in [9.17, 15) is 14.9 Å². The Bertz CT molecular complexity index is 530. The van der Waals surface area contributed by atoms with Crippen LogP contribution in [0.25, 0.3) is 0 Å². The lowest BCUT2D eigenvalue weighted by molar-refractivity contribution is -0.384. The number of hydrogen-bond donors (Lipinski definition) is 0. The van der Waals surface area contributed by atoms with Crippen molar-refractivity contribution >= 4 is 28.9 Å². The molecule has 0 saturated carbocycles. The molecule has 0 N–H and O–H groups in total. The number of amides is 1. The molecule has 1 aromatic carbocycles. The molecule has 1 saturated heterocycles. The highest BCUT2D eigenvalue weighted by molar-refractivity contribution is 6.34. The van der Waals surface area contributed by atoms with Crippen LogP contribution in [0.1, 0.15) is 6.42 Å². The Hall–Kier alpha value is -1.88. The monoisotopic (exact) mass is 266 g/mol. The van der Waals surface area contributed by atoms with Gasteiger partial charge in [-0.3, -0.25) is 14.9 Å². The van der Waals surface area contributed by atoms with E-state index >= 15 is 0 Å². The normalized spacial score (nSPS) is 19.1. The predicted octanol–water partition coefficient (Wildman–Crippen LogP) is 2.79.